The summed E-state index contributed by atoms with van der Waals surface area (Å²) in [6, 6.07) is 3.59. The molecule has 10 nitrogen and oxygen atoms in total. The highest BCUT2D eigenvalue weighted by Gasteiger charge is 2.53. The molecule has 3 aliphatic rings. The van der Waals surface area contributed by atoms with Gasteiger partial charge in [-0.05, 0) is 69.7 Å². The number of benzene rings is 1. The quantitative estimate of drug-likeness (QED) is 0.434. The molecule has 1 saturated carbocycles. The van der Waals surface area contributed by atoms with Crippen LogP contribution in [0.1, 0.15) is 61.7 Å². The van der Waals surface area contributed by atoms with Gasteiger partial charge in [-0.15, -0.1) is 11.3 Å². The van der Waals surface area contributed by atoms with Crippen LogP contribution in [0.2, 0.25) is 0 Å². The number of carboxylic acid groups (broad SMARTS) is 1. The number of halogens is 1. The van der Waals surface area contributed by atoms with Crippen LogP contribution < -0.4 is 5.32 Å². The number of sulfonamides is 1. The average Bonchev–Trinajstić information content (AvgIpc) is 3.46. The summed E-state index contributed by atoms with van der Waals surface area (Å²) in [5.74, 6) is -1.64. The lowest BCUT2D eigenvalue weighted by molar-refractivity contribution is -0.152. The molecule has 220 valence electrons. The lowest BCUT2D eigenvalue weighted by Gasteiger charge is -2.44. The van der Waals surface area contributed by atoms with Crippen molar-refractivity contribution < 1.29 is 32.2 Å². The normalized spacial score (nSPS) is 25.7. The third-order valence-corrected chi connectivity index (χ3v) is 11.3. The van der Waals surface area contributed by atoms with Gasteiger partial charge in [0.1, 0.15) is 11.9 Å². The molecular formula is C28H33FN4O6S2. The summed E-state index contributed by atoms with van der Waals surface area (Å²) in [7, 11) is -3.66. The number of esters is 1. The Bertz CT molecular complexity index is 1510. The van der Waals surface area contributed by atoms with E-state index in [1.807, 2.05) is 5.38 Å². The first-order valence-electron chi connectivity index (χ1n) is 13.6. The summed E-state index contributed by atoms with van der Waals surface area (Å²) >= 11 is 1.39. The van der Waals surface area contributed by atoms with Crippen LogP contribution in [0.4, 0.5) is 4.39 Å². The molecule has 1 aromatic carbocycles. The number of carbonyl (C=O) groups is 2. The van der Waals surface area contributed by atoms with E-state index >= 15 is 0 Å². The number of allylic oxidation sites excluding steroid dienone is 1. The number of ether oxygens (including phenoxy) is 1. The smallest absolute Gasteiger partial charge is 0.338 e. The van der Waals surface area contributed by atoms with Gasteiger partial charge in [-0.1, -0.05) is 6.07 Å². The summed E-state index contributed by atoms with van der Waals surface area (Å²) in [4.78, 5) is 34.2. The Kier molecular flexibility index (Phi) is 8.05. The monoisotopic (exact) mass is 604 g/mol. The Hall–Kier alpha value is -3.16. The third kappa shape index (κ3) is 5.54. The number of hydrogen-bond acceptors (Lipinski definition) is 9. The van der Waals surface area contributed by atoms with Crippen molar-refractivity contribution in [1.29, 1.82) is 0 Å². The second-order valence-corrected chi connectivity index (χ2v) is 14.1. The van der Waals surface area contributed by atoms with Gasteiger partial charge in [-0.2, -0.15) is 0 Å². The fraction of sp³-hybridized carbons (Fsp3) is 0.500. The van der Waals surface area contributed by atoms with Crippen molar-refractivity contribution in [2.24, 2.45) is 16.3 Å². The van der Waals surface area contributed by atoms with Gasteiger partial charge in [0.15, 0.2) is 10.8 Å². The van der Waals surface area contributed by atoms with Gasteiger partial charge in [0.05, 0.1) is 22.8 Å². The first-order valence-corrected chi connectivity index (χ1v) is 16.0. The van der Waals surface area contributed by atoms with Crippen molar-refractivity contribution in [3.05, 3.63) is 63.0 Å². The van der Waals surface area contributed by atoms with Crippen LogP contribution in [0.3, 0.4) is 0 Å². The summed E-state index contributed by atoms with van der Waals surface area (Å²) in [5, 5.41) is 14.5. The molecular weight excluding hydrogens is 571 g/mol. The minimum Gasteiger partial charge on any atom is -0.481 e. The number of aliphatic carboxylic acids is 1. The van der Waals surface area contributed by atoms with Gasteiger partial charge in [0.2, 0.25) is 10.0 Å². The molecule has 0 spiro atoms. The topological polar surface area (TPSA) is 138 Å². The number of amidine groups is 1. The van der Waals surface area contributed by atoms with Crippen molar-refractivity contribution in [2.75, 3.05) is 19.7 Å². The van der Waals surface area contributed by atoms with Crippen LogP contribution in [0.25, 0.3) is 0 Å². The number of hydrogen-bond donors (Lipinski definition) is 2. The molecule has 41 heavy (non-hydrogen) atoms. The van der Waals surface area contributed by atoms with E-state index in [0.717, 1.165) is 0 Å². The van der Waals surface area contributed by atoms with Crippen LogP contribution in [0.5, 0.6) is 0 Å². The number of piperidine rings is 1. The molecule has 2 aliphatic heterocycles. The molecule has 2 N–H and O–H groups in total. The maximum Gasteiger partial charge on any atom is 0.338 e. The molecule has 3 heterocycles. The Morgan fingerprint density at radius 2 is 1.98 bits per heavy atom. The molecule has 1 unspecified atom stereocenters. The van der Waals surface area contributed by atoms with Crippen LogP contribution >= 0.6 is 11.3 Å². The van der Waals surface area contributed by atoms with Gasteiger partial charge in [0, 0.05) is 36.3 Å². The van der Waals surface area contributed by atoms with Crippen molar-refractivity contribution >= 4 is 39.1 Å². The van der Waals surface area contributed by atoms with E-state index in [2.05, 4.69) is 10.3 Å². The molecule has 1 atom stereocenters. The number of rotatable bonds is 8. The van der Waals surface area contributed by atoms with Crippen LogP contribution in [0, 0.1) is 24.1 Å². The lowest BCUT2D eigenvalue weighted by Crippen LogP contribution is -2.54. The number of aryl methyl sites for hydroxylation is 1. The van der Waals surface area contributed by atoms with Crippen LogP contribution in [0.15, 0.2) is 46.0 Å². The molecule has 2 aromatic rings. The Morgan fingerprint density at radius 1 is 1.27 bits per heavy atom. The number of carboxylic acids is 1. The van der Waals surface area contributed by atoms with Gasteiger partial charge in [0.25, 0.3) is 0 Å². The van der Waals surface area contributed by atoms with Crippen molar-refractivity contribution in [2.45, 2.75) is 57.7 Å². The zero-order valence-corrected chi connectivity index (χ0v) is 24.7. The zero-order chi connectivity index (χ0) is 29.5. The predicted octanol–water partition coefficient (Wildman–Crippen LogP) is 3.79. The third-order valence-electron chi connectivity index (χ3n) is 8.25. The largest absolute Gasteiger partial charge is 0.481 e. The minimum atomic E-state index is -3.66. The molecule has 1 aliphatic carbocycles. The fourth-order valence-electron chi connectivity index (χ4n) is 5.88. The van der Waals surface area contributed by atoms with Gasteiger partial charge in [-0.3, -0.25) is 9.79 Å². The fourth-order valence-corrected chi connectivity index (χ4v) is 8.77. The Morgan fingerprint density at radius 3 is 2.56 bits per heavy atom. The number of nitrogens with one attached hydrogen (secondary N) is 1. The van der Waals surface area contributed by atoms with Crippen molar-refractivity contribution in [3.63, 3.8) is 0 Å². The molecule has 2 fully saturated rings. The number of thiazole rings is 1. The van der Waals surface area contributed by atoms with E-state index in [-0.39, 0.29) is 38.5 Å². The van der Waals surface area contributed by atoms with Crippen molar-refractivity contribution in [3.8, 4) is 0 Å². The SMILES string of the molecule is CCOC(=O)C1=C(C2CCN(S(=O)(=O)C3CC(C)(C(=O)O)C3)CC2)NC(c2nccs2)=NC1c1ccc(F)cc1C. The Balaban J connectivity index is 1.46. The number of aliphatic imine (C=N–C) groups is 1. The highest BCUT2D eigenvalue weighted by molar-refractivity contribution is 7.89. The van der Waals surface area contributed by atoms with E-state index < -0.39 is 44.5 Å². The standard InChI is InChI=1S/C28H33FN4O6S2/c1-4-39-26(34)21-22(17-7-10-33(11-8-17)41(37,38)19-14-28(3,15-19)27(35)36)31-24(25-30-9-12-40-25)32-23(21)20-6-5-18(29)13-16(20)2/h5-6,9,12-13,17,19,23H,4,7-8,10-11,14-15H2,1-3H3,(H,31,32)(H,35,36). The number of carbonyl (C=O) groups excluding carboxylic acids is 1. The van der Waals surface area contributed by atoms with Crippen LogP contribution in [-0.2, 0) is 24.3 Å². The predicted molar refractivity (Wildman–Crippen MR) is 151 cm³/mol. The highest BCUT2D eigenvalue weighted by atomic mass is 32.2. The summed E-state index contributed by atoms with van der Waals surface area (Å²) in [6.45, 7) is 5.68. The van der Waals surface area contributed by atoms with E-state index in [9.17, 15) is 27.5 Å². The molecule has 1 saturated heterocycles. The Labute approximate surface area is 242 Å². The summed E-state index contributed by atoms with van der Waals surface area (Å²) in [6.07, 6.45) is 2.72. The molecule has 5 rings (SSSR count). The molecule has 13 heteroatoms. The molecule has 1 aromatic heterocycles. The molecule has 0 radical (unpaired) electrons. The second kappa shape index (κ2) is 11.3. The van der Waals surface area contributed by atoms with E-state index in [0.29, 0.717) is 46.1 Å². The lowest BCUT2D eigenvalue weighted by atomic mass is 9.70. The van der Waals surface area contributed by atoms with Crippen molar-refractivity contribution in [1.82, 2.24) is 14.6 Å². The van der Waals surface area contributed by atoms with E-state index in [1.165, 1.54) is 27.8 Å². The van der Waals surface area contributed by atoms with Gasteiger partial charge in [-0.25, -0.2) is 26.9 Å². The minimum absolute atomic E-state index is 0.0939. The first-order chi connectivity index (χ1) is 19.4. The number of nitrogens with zero attached hydrogens (tertiary/aromatic N) is 3. The summed E-state index contributed by atoms with van der Waals surface area (Å²) in [5.41, 5.74) is 1.21. The van der Waals surface area contributed by atoms with Crippen LogP contribution in [-0.4, -0.2) is 65.5 Å². The molecule has 0 bridgehead atoms. The van der Waals surface area contributed by atoms with Gasteiger partial charge >= 0.3 is 11.9 Å². The maximum absolute atomic E-state index is 14.0. The average molecular weight is 605 g/mol. The first kappa shape index (κ1) is 29.3. The molecule has 0 amide bonds. The summed E-state index contributed by atoms with van der Waals surface area (Å²) < 4.78 is 47.5. The highest BCUT2D eigenvalue weighted by Crippen LogP contribution is 2.46. The zero-order valence-electron chi connectivity index (χ0n) is 23.1. The maximum atomic E-state index is 14.0. The number of aromatic nitrogens is 1. The van der Waals surface area contributed by atoms with Gasteiger partial charge < -0.3 is 15.2 Å². The van der Waals surface area contributed by atoms with E-state index in [4.69, 9.17) is 9.73 Å². The second-order valence-electron chi connectivity index (χ2n) is 11.0. The van der Waals surface area contributed by atoms with E-state index in [1.54, 1.807) is 33.0 Å².